The first-order valence-corrected chi connectivity index (χ1v) is 11.5. The van der Waals surface area contributed by atoms with E-state index in [4.69, 9.17) is 0 Å². The number of amides is 2. The molecule has 12 heteroatoms. The van der Waals surface area contributed by atoms with Gasteiger partial charge in [0.25, 0.3) is 29.9 Å². The molecule has 2 aliphatic rings. The van der Waals surface area contributed by atoms with Crippen LogP contribution in [0, 0.1) is 12.7 Å². The molecule has 1 aliphatic heterocycles. The highest BCUT2D eigenvalue weighted by molar-refractivity contribution is 6.43. The first-order chi connectivity index (χ1) is 17.3. The number of Topliss-reactive ketones (excluding diaryl/α,β-unsaturated/α-hetero) is 1. The van der Waals surface area contributed by atoms with Crippen molar-refractivity contribution in [1.29, 1.82) is 0 Å². The van der Waals surface area contributed by atoms with Gasteiger partial charge in [-0.1, -0.05) is 6.58 Å². The van der Waals surface area contributed by atoms with Crippen LogP contribution in [0.3, 0.4) is 0 Å². The molecule has 1 aromatic carbocycles. The average molecular weight is 524 g/mol. The van der Waals surface area contributed by atoms with Crippen molar-refractivity contribution in [2.45, 2.75) is 57.0 Å². The summed E-state index contributed by atoms with van der Waals surface area (Å²) in [5.74, 6) is -6.96. The van der Waals surface area contributed by atoms with Crippen LogP contribution in [0.4, 0.5) is 27.6 Å². The molecule has 7 nitrogen and oxygen atoms in total. The molecule has 1 aromatic heterocycles. The first kappa shape index (κ1) is 26.4. The van der Waals surface area contributed by atoms with E-state index in [1.807, 2.05) is 0 Å². The van der Waals surface area contributed by atoms with E-state index in [1.165, 1.54) is 18.5 Å². The van der Waals surface area contributed by atoms with E-state index < -0.39 is 59.7 Å². The van der Waals surface area contributed by atoms with Gasteiger partial charge in [-0.3, -0.25) is 14.4 Å². The van der Waals surface area contributed by atoms with Gasteiger partial charge >= 0.3 is 0 Å². The Bertz CT molecular complexity index is 1310. The largest absolute Gasteiger partial charge is 0.390 e. The van der Waals surface area contributed by atoms with Crippen molar-refractivity contribution < 1.29 is 36.3 Å². The van der Waals surface area contributed by atoms with Crippen molar-refractivity contribution >= 4 is 23.3 Å². The van der Waals surface area contributed by atoms with E-state index in [1.54, 1.807) is 0 Å². The number of hydrogen-bond donors (Lipinski definition) is 3. The summed E-state index contributed by atoms with van der Waals surface area (Å²) in [4.78, 5) is 39.3. The second-order valence-corrected chi connectivity index (χ2v) is 9.35. The number of carbonyl (C=O) groups is 3. The van der Waals surface area contributed by atoms with Crippen molar-refractivity contribution in [2.24, 2.45) is 0 Å². The molecule has 0 bridgehead atoms. The van der Waals surface area contributed by atoms with Crippen LogP contribution in [0.2, 0.25) is 0 Å². The molecule has 0 atom stereocenters. The molecule has 2 aromatic rings. The van der Waals surface area contributed by atoms with Gasteiger partial charge < -0.3 is 20.5 Å². The fourth-order valence-corrected chi connectivity index (χ4v) is 5.12. The quantitative estimate of drug-likeness (QED) is 0.273. The fraction of sp³-hybridized carbons (Fsp3) is 0.400. The summed E-state index contributed by atoms with van der Waals surface area (Å²) in [7, 11) is 1.47. The van der Waals surface area contributed by atoms with Crippen LogP contribution in [0.5, 0.6) is 0 Å². The van der Waals surface area contributed by atoms with Crippen LogP contribution >= 0.6 is 0 Å². The van der Waals surface area contributed by atoms with Gasteiger partial charge in [0.2, 0.25) is 0 Å². The number of aromatic nitrogens is 1. The highest BCUT2D eigenvalue weighted by Crippen LogP contribution is 2.48. The minimum absolute atomic E-state index is 0.0566. The van der Waals surface area contributed by atoms with Crippen molar-refractivity contribution in [3.05, 3.63) is 64.4 Å². The zero-order valence-corrected chi connectivity index (χ0v) is 20.1. The molecule has 198 valence electrons. The lowest BCUT2D eigenvalue weighted by Crippen LogP contribution is -2.65. The molecule has 2 heterocycles. The lowest BCUT2D eigenvalue weighted by Gasteiger charge is -2.48. The van der Waals surface area contributed by atoms with Gasteiger partial charge in [-0.05, 0) is 43.5 Å². The van der Waals surface area contributed by atoms with Gasteiger partial charge in [-0.25, -0.2) is 22.0 Å². The molecule has 1 aliphatic carbocycles. The van der Waals surface area contributed by atoms with Crippen LogP contribution in [0.25, 0.3) is 0 Å². The molecule has 2 amide bonds. The Morgan fingerprint density at radius 1 is 1.16 bits per heavy atom. The van der Waals surface area contributed by atoms with Gasteiger partial charge in [-0.2, -0.15) is 0 Å². The Labute approximate surface area is 209 Å². The third-order valence-electron chi connectivity index (χ3n) is 6.90. The maximum Gasteiger partial charge on any atom is 0.294 e. The highest BCUT2D eigenvalue weighted by atomic mass is 19.3. The van der Waals surface area contributed by atoms with Crippen LogP contribution in [-0.4, -0.2) is 40.7 Å². The maximum absolute atomic E-state index is 13.7. The van der Waals surface area contributed by atoms with E-state index >= 15 is 0 Å². The molecule has 4 rings (SSSR count). The lowest BCUT2D eigenvalue weighted by molar-refractivity contribution is -0.138. The Kier molecular flexibility index (Phi) is 6.63. The van der Waals surface area contributed by atoms with Crippen molar-refractivity contribution in [1.82, 2.24) is 15.2 Å². The van der Waals surface area contributed by atoms with Gasteiger partial charge in [0.15, 0.2) is 0 Å². The Balaban J connectivity index is 1.62. The van der Waals surface area contributed by atoms with E-state index in [9.17, 15) is 36.3 Å². The van der Waals surface area contributed by atoms with Crippen LogP contribution < -0.4 is 16.0 Å². The number of hydrogen-bond acceptors (Lipinski definition) is 4. The van der Waals surface area contributed by atoms with Gasteiger partial charge in [-0.15, -0.1) is 0 Å². The van der Waals surface area contributed by atoms with Crippen molar-refractivity contribution in [3.63, 3.8) is 0 Å². The molecule has 1 saturated carbocycles. The third-order valence-corrected chi connectivity index (χ3v) is 6.90. The van der Waals surface area contributed by atoms with E-state index in [-0.39, 0.29) is 28.2 Å². The van der Waals surface area contributed by atoms with Crippen LogP contribution in [0.1, 0.15) is 63.4 Å². The summed E-state index contributed by atoms with van der Waals surface area (Å²) in [5, 5.41) is 7.51. The molecule has 0 saturated heterocycles. The highest BCUT2D eigenvalue weighted by Gasteiger charge is 2.59. The number of ketones is 1. The number of likely N-dealkylation sites (N-methyl/N-ethyl adjacent to an activating group) is 1. The Morgan fingerprint density at radius 2 is 1.84 bits per heavy atom. The fourth-order valence-electron chi connectivity index (χ4n) is 5.12. The summed E-state index contributed by atoms with van der Waals surface area (Å²) < 4.78 is 68.7. The molecule has 0 spiro atoms. The predicted molar refractivity (Wildman–Crippen MR) is 124 cm³/mol. The number of benzene rings is 1. The van der Waals surface area contributed by atoms with Crippen LogP contribution in [-0.2, 0) is 17.8 Å². The summed E-state index contributed by atoms with van der Waals surface area (Å²) in [6.07, 6.45) is -3.52. The zero-order valence-electron chi connectivity index (χ0n) is 20.1. The van der Waals surface area contributed by atoms with Gasteiger partial charge in [0.05, 0.1) is 22.4 Å². The predicted octanol–water partition coefficient (Wildman–Crippen LogP) is 4.27. The van der Waals surface area contributed by atoms with Gasteiger partial charge in [0, 0.05) is 43.5 Å². The standard InChI is InChI=1S/C25H25F5N4O3/c1-12-18(22(36)32-14-6-7-16(26)15(9-14)21(27)28)17-5-4-8-34(17)19(12)20(35)23(37)33-24(13(2)31-3)10-25(29,30)11-24/h6-7,9,21,31H,2,4-5,8,10-11H2,1,3H3,(H,32,36)(H,33,37). The second kappa shape index (κ2) is 9.31. The van der Waals surface area contributed by atoms with E-state index in [2.05, 4.69) is 22.5 Å². The second-order valence-electron chi connectivity index (χ2n) is 9.35. The third kappa shape index (κ3) is 4.60. The topological polar surface area (TPSA) is 92.2 Å². The first-order valence-electron chi connectivity index (χ1n) is 11.5. The lowest BCUT2D eigenvalue weighted by atomic mass is 9.71. The summed E-state index contributed by atoms with van der Waals surface area (Å²) >= 11 is 0. The number of nitrogens with one attached hydrogen (secondary N) is 3. The molecule has 0 unspecified atom stereocenters. The number of nitrogens with zero attached hydrogens (tertiary/aromatic N) is 1. The smallest absolute Gasteiger partial charge is 0.294 e. The number of carbonyl (C=O) groups excluding carboxylic acids is 3. The number of alkyl halides is 4. The van der Waals surface area contributed by atoms with Gasteiger partial charge in [0.1, 0.15) is 5.82 Å². The van der Waals surface area contributed by atoms with E-state index in [0.29, 0.717) is 25.1 Å². The minimum atomic E-state index is -3.09. The SMILES string of the molecule is C=C(NC)C1(NC(=O)C(=O)c2c(C)c(C(=O)Nc3ccc(F)c(C(F)F)c3)c3n2CCC3)CC(F)(F)C1. The number of fused-ring (bicyclic) bond motifs is 1. The summed E-state index contributed by atoms with van der Waals surface area (Å²) in [6.45, 7) is 5.50. The molecule has 1 fully saturated rings. The normalized spacial score (nSPS) is 17.1. The minimum Gasteiger partial charge on any atom is -0.390 e. The molecule has 3 N–H and O–H groups in total. The monoisotopic (exact) mass is 524 g/mol. The zero-order chi connectivity index (χ0) is 27.3. The molecule has 0 radical (unpaired) electrons. The summed E-state index contributed by atoms with van der Waals surface area (Å²) in [6, 6.07) is 2.77. The number of rotatable bonds is 8. The molecular formula is C25H25F5N4O3. The van der Waals surface area contributed by atoms with Crippen molar-refractivity contribution in [2.75, 3.05) is 12.4 Å². The molecule has 37 heavy (non-hydrogen) atoms. The van der Waals surface area contributed by atoms with Crippen LogP contribution in [0.15, 0.2) is 30.5 Å². The van der Waals surface area contributed by atoms with Crippen molar-refractivity contribution in [3.8, 4) is 0 Å². The number of halogens is 5. The Morgan fingerprint density at radius 3 is 2.43 bits per heavy atom. The number of anilines is 1. The maximum atomic E-state index is 13.7. The van der Waals surface area contributed by atoms with E-state index in [0.717, 1.165) is 18.2 Å². The molecular weight excluding hydrogens is 499 g/mol. The summed E-state index contributed by atoms with van der Waals surface area (Å²) in [5.41, 5.74) is -1.59. The average Bonchev–Trinajstić information content (AvgIpc) is 3.36. The Hall–Kier alpha value is -3.70.